The molecule has 0 radical (unpaired) electrons. The molecular weight excluding hydrogens is 200 g/mol. The zero-order chi connectivity index (χ0) is 10.5. The van der Waals surface area contributed by atoms with Crippen molar-refractivity contribution in [1.29, 1.82) is 0 Å². The van der Waals surface area contributed by atoms with Crippen molar-refractivity contribution in [2.75, 3.05) is 0 Å². The molecule has 0 nitrogen and oxygen atoms in total. The molecule has 0 rings (SSSR count). The van der Waals surface area contributed by atoms with Crippen molar-refractivity contribution < 1.29 is 0 Å². The minimum atomic E-state index is 0.488. The largest absolute Gasteiger partial charge is 0.0654 e. The topological polar surface area (TPSA) is 0 Å². The predicted octanol–water partition coefficient (Wildman–Crippen LogP) is 3.24. The Kier molecular flexibility index (Phi) is 13.8. The minimum absolute atomic E-state index is 0.488. The average Bonchev–Trinajstić information content (AvgIpc) is 2.21. The van der Waals surface area contributed by atoms with Gasteiger partial charge in [0.2, 0.25) is 0 Å². The summed E-state index contributed by atoms with van der Waals surface area (Å²) in [7, 11) is 0.976. The van der Waals surface area contributed by atoms with Gasteiger partial charge in [0.15, 0.2) is 0 Å². The summed E-state index contributed by atoms with van der Waals surface area (Å²) < 4.78 is 0. The Morgan fingerprint density at radius 1 is 0.571 bits per heavy atom. The molecule has 0 N–H and O–H groups in total. The molecule has 0 amide bonds. The summed E-state index contributed by atoms with van der Waals surface area (Å²) >= 11 is 0. The Morgan fingerprint density at radius 3 is 1.36 bits per heavy atom. The van der Waals surface area contributed by atoms with Gasteiger partial charge in [-0.1, -0.05) is 77.3 Å². The van der Waals surface area contributed by atoms with Crippen LogP contribution in [0.4, 0.5) is 0 Å². The fourth-order valence-electron chi connectivity index (χ4n) is 1.91. The van der Waals surface area contributed by atoms with E-state index in [0.29, 0.717) is 18.1 Å². The first-order valence-electron chi connectivity index (χ1n) is 6.91. The summed E-state index contributed by atoms with van der Waals surface area (Å²) in [6.07, 6.45) is 11.9. The molecule has 0 aliphatic heterocycles. The van der Waals surface area contributed by atoms with Crippen LogP contribution in [-0.2, 0) is 0 Å². The van der Waals surface area contributed by atoms with Gasteiger partial charge in [-0.3, -0.25) is 0 Å². The third-order valence-corrected chi connectivity index (χ3v) is 9.96. The van der Waals surface area contributed by atoms with Crippen LogP contribution in [0.5, 0.6) is 0 Å². The lowest BCUT2D eigenvalue weighted by atomic mass is 10.2. The van der Waals surface area contributed by atoms with Crippen molar-refractivity contribution in [1.82, 2.24) is 0 Å². The highest BCUT2D eigenvalue weighted by Gasteiger charge is 1.93. The quantitative estimate of drug-likeness (QED) is 0.378. The first kappa shape index (κ1) is 14.4. The molecule has 0 bridgehead atoms. The van der Waals surface area contributed by atoms with Gasteiger partial charge < -0.3 is 0 Å². The third-order valence-electron chi connectivity index (χ3n) is 2.96. The summed E-state index contributed by atoms with van der Waals surface area (Å²) in [4.78, 5) is 0. The van der Waals surface area contributed by atoms with Crippen LogP contribution in [0.3, 0.4) is 0 Å². The van der Waals surface area contributed by atoms with Crippen LogP contribution in [0.2, 0.25) is 12.1 Å². The Bertz CT molecular complexity index is 82.3. The molecular formula is C12H30Si2. The van der Waals surface area contributed by atoms with Gasteiger partial charge in [-0.25, -0.2) is 0 Å². The van der Waals surface area contributed by atoms with Crippen LogP contribution in [0.25, 0.3) is 0 Å². The molecule has 0 heterocycles. The number of hydrogen-bond acceptors (Lipinski definition) is 0. The van der Waals surface area contributed by atoms with Crippen molar-refractivity contribution in [3.8, 4) is 0 Å². The van der Waals surface area contributed by atoms with Gasteiger partial charge in [0.25, 0.3) is 0 Å². The summed E-state index contributed by atoms with van der Waals surface area (Å²) in [5.41, 5.74) is 0. The number of hydrogen-bond donors (Lipinski definition) is 0. The van der Waals surface area contributed by atoms with Gasteiger partial charge in [-0.2, -0.15) is 0 Å². The molecule has 0 atom stereocenters. The third kappa shape index (κ3) is 12.4. The fourth-order valence-corrected chi connectivity index (χ4v) is 8.28. The van der Waals surface area contributed by atoms with E-state index in [-0.39, 0.29) is 0 Å². The molecule has 0 saturated heterocycles. The van der Waals surface area contributed by atoms with Gasteiger partial charge in [0.1, 0.15) is 0 Å². The maximum absolute atomic E-state index is 2.31. The first-order chi connectivity index (χ1) is 6.91. The van der Waals surface area contributed by atoms with E-state index in [1.807, 2.05) is 0 Å². The molecule has 0 aliphatic rings. The lowest BCUT2D eigenvalue weighted by Crippen LogP contribution is -2.02. The van der Waals surface area contributed by atoms with E-state index in [1.165, 1.54) is 38.5 Å². The van der Waals surface area contributed by atoms with Crippen LogP contribution in [0, 0.1) is 0 Å². The molecule has 0 unspecified atom stereocenters. The van der Waals surface area contributed by atoms with E-state index in [2.05, 4.69) is 13.8 Å². The maximum Gasteiger partial charge on any atom is 0.00797 e. The Labute approximate surface area is 95.7 Å². The van der Waals surface area contributed by atoms with Gasteiger partial charge in [0, 0.05) is 18.1 Å². The van der Waals surface area contributed by atoms with Crippen molar-refractivity contribution in [3.63, 3.8) is 0 Å². The zero-order valence-electron chi connectivity index (χ0n) is 10.5. The normalized spacial score (nSPS) is 12.4. The Balaban J connectivity index is 2.78. The second kappa shape index (κ2) is 13.4. The summed E-state index contributed by atoms with van der Waals surface area (Å²) in [5.74, 6) is 0. The lowest BCUT2D eigenvalue weighted by Gasteiger charge is -2.00. The van der Waals surface area contributed by atoms with Crippen molar-refractivity contribution in [3.05, 3.63) is 0 Å². The van der Waals surface area contributed by atoms with Crippen LogP contribution in [-0.4, -0.2) is 18.1 Å². The molecule has 14 heavy (non-hydrogen) atoms. The molecule has 86 valence electrons. The van der Waals surface area contributed by atoms with Crippen LogP contribution >= 0.6 is 0 Å². The predicted molar refractivity (Wildman–Crippen MR) is 75.0 cm³/mol. The van der Waals surface area contributed by atoms with E-state index >= 15 is 0 Å². The molecule has 0 spiro atoms. The average molecular weight is 231 g/mol. The van der Waals surface area contributed by atoms with Gasteiger partial charge in [-0.15, -0.1) is 0 Å². The molecule has 0 saturated carbocycles. The SMILES string of the molecule is CCCCCC[SiH2][SiH2]CCCCCC. The van der Waals surface area contributed by atoms with Crippen LogP contribution < -0.4 is 0 Å². The highest BCUT2D eigenvalue weighted by atomic mass is 29.1. The molecule has 0 fully saturated rings. The summed E-state index contributed by atoms with van der Waals surface area (Å²) in [6, 6.07) is 3.36. The summed E-state index contributed by atoms with van der Waals surface area (Å²) in [5, 5.41) is 0. The van der Waals surface area contributed by atoms with Gasteiger partial charge in [-0.05, 0) is 0 Å². The van der Waals surface area contributed by atoms with E-state index in [1.54, 1.807) is 24.9 Å². The highest BCUT2D eigenvalue weighted by molar-refractivity contribution is 7.00. The standard InChI is InChI=1S/C12H30Si2/c1-3-5-7-9-11-13-14-12-10-8-6-4-2/h3-14H2,1-2H3. The van der Waals surface area contributed by atoms with Crippen molar-refractivity contribution in [2.24, 2.45) is 0 Å². The smallest absolute Gasteiger partial charge is 0.00797 e. The Hall–Kier alpha value is 0.434. The van der Waals surface area contributed by atoms with Crippen molar-refractivity contribution >= 4 is 18.1 Å². The fraction of sp³-hybridized carbons (Fsp3) is 1.00. The number of rotatable bonds is 11. The molecule has 0 aliphatic carbocycles. The molecule has 0 aromatic carbocycles. The molecule has 2 heteroatoms. The Morgan fingerprint density at radius 2 is 1.00 bits per heavy atom. The van der Waals surface area contributed by atoms with Crippen LogP contribution in [0.1, 0.15) is 65.2 Å². The maximum atomic E-state index is 2.31. The van der Waals surface area contributed by atoms with E-state index < -0.39 is 0 Å². The molecule has 0 aromatic heterocycles. The van der Waals surface area contributed by atoms with E-state index in [0.717, 1.165) is 0 Å². The second-order valence-electron chi connectivity index (χ2n) is 4.54. The molecule has 0 aromatic rings. The van der Waals surface area contributed by atoms with Crippen molar-refractivity contribution in [2.45, 2.75) is 77.3 Å². The van der Waals surface area contributed by atoms with E-state index in [4.69, 9.17) is 0 Å². The highest BCUT2D eigenvalue weighted by Crippen LogP contribution is 2.04. The minimum Gasteiger partial charge on any atom is -0.0654 e. The summed E-state index contributed by atoms with van der Waals surface area (Å²) in [6.45, 7) is 4.61. The van der Waals surface area contributed by atoms with Gasteiger partial charge in [0.05, 0.1) is 0 Å². The number of unbranched alkanes of at least 4 members (excludes halogenated alkanes) is 6. The zero-order valence-corrected chi connectivity index (χ0v) is 13.3. The first-order valence-corrected chi connectivity index (χ1v) is 12.9. The van der Waals surface area contributed by atoms with Gasteiger partial charge >= 0.3 is 0 Å². The van der Waals surface area contributed by atoms with Crippen LogP contribution in [0.15, 0.2) is 0 Å². The lowest BCUT2D eigenvalue weighted by molar-refractivity contribution is 0.699. The monoisotopic (exact) mass is 230 g/mol. The van der Waals surface area contributed by atoms with E-state index in [9.17, 15) is 0 Å². The second-order valence-corrected chi connectivity index (χ2v) is 11.6.